The van der Waals surface area contributed by atoms with Crippen LogP contribution < -0.4 is 0 Å². The molecule has 6 nitrogen and oxygen atoms in total. The summed E-state index contributed by atoms with van der Waals surface area (Å²) >= 11 is 0. The summed E-state index contributed by atoms with van der Waals surface area (Å²) in [5.74, 6) is 0.931. The molecule has 0 aromatic carbocycles. The van der Waals surface area contributed by atoms with Gasteiger partial charge in [-0.25, -0.2) is 4.98 Å². The van der Waals surface area contributed by atoms with Crippen LogP contribution in [0.1, 0.15) is 56.5 Å². The zero-order valence-corrected chi connectivity index (χ0v) is 11.5. The van der Waals surface area contributed by atoms with Crippen molar-refractivity contribution in [1.82, 2.24) is 20.1 Å². The van der Waals surface area contributed by atoms with Crippen LogP contribution in [0, 0.1) is 0 Å². The van der Waals surface area contributed by atoms with E-state index in [0.29, 0.717) is 18.8 Å². The highest BCUT2D eigenvalue weighted by molar-refractivity contribution is 5.90. The molecule has 18 heavy (non-hydrogen) atoms. The number of carbonyl (C=O) groups excluding carboxylic acids is 1. The SMILES string of the molecule is CC(C)c1nc(C(=O)N(CCCO)C(C)C)n[nH]1. The van der Waals surface area contributed by atoms with Crippen LogP contribution in [0.5, 0.6) is 0 Å². The smallest absolute Gasteiger partial charge is 0.293 e. The van der Waals surface area contributed by atoms with E-state index in [4.69, 9.17) is 5.11 Å². The molecular weight excluding hydrogens is 232 g/mol. The molecule has 1 rings (SSSR count). The Morgan fingerprint density at radius 3 is 2.50 bits per heavy atom. The van der Waals surface area contributed by atoms with Crippen molar-refractivity contribution in [3.8, 4) is 0 Å². The summed E-state index contributed by atoms with van der Waals surface area (Å²) < 4.78 is 0. The van der Waals surface area contributed by atoms with E-state index >= 15 is 0 Å². The van der Waals surface area contributed by atoms with Crippen LogP contribution in [-0.2, 0) is 0 Å². The molecule has 1 aromatic rings. The van der Waals surface area contributed by atoms with Gasteiger partial charge in [0.1, 0.15) is 5.82 Å². The lowest BCUT2D eigenvalue weighted by Gasteiger charge is -2.25. The maximum Gasteiger partial charge on any atom is 0.293 e. The molecule has 0 bridgehead atoms. The molecule has 1 aromatic heterocycles. The molecule has 0 aliphatic carbocycles. The van der Waals surface area contributed by atoms with E-state index < -0.39 is 0 Å². The molecule has 0 spiro atoms. The number of hydrogen-bond acceptors (Lipinski definition) is 4. The Labute approximate surface area is 107 Å². The highest BCUT2D eigenvalue weighted by atomic mass is 16.3. The minimum atomic E-state index is -0.193. The Balaban J connectivity index is 2.81. The molecule has 0 aliphatic heterocycles. The lowest BCUT2D eigenvalue weighted by molar-refractivity contribution is 0.0681. The van der Waals surface area contributed by atoms with Gasteiger partial charge in [0.05, 0.1) is 0 Å². The zero-order chi connectivity index (χ0) is 13.7. The van der Waals surface area contributed by atoms with Crippen LogP contribution in [0.4, 0.5) is 0 Å². The standard InChI is InChI=1S/C12H22N4O2/c1-8(2)10-13-11(15-14-10)12(18)16(9(3)4)6-5-7-17/h8-9,17H,5-7H2,1-4H3,(H,13,14,15). The molecular formula is C12H22N4O2. The fraction of sp³-hybridized carbons (Fsp3) is 0.750. The topological polar surface area (TPSA) is 82.1 Å². The van der Waals surface area contributed by atoms with Gasteiger partial charge in [0.25, 0.3) is 5.91 Å². The predicted octanol–water partition coefficient (Wildman–Crippen LogP) is 1.16. The van der Waals surface area contributed by atoms with Crippen molar-refractivity contribution in [2.75, 3.05) is 13.2 Å². The second-order valence-corrected chi connectivity index (χ2v) is 4.87. The fourth-order valence-corrected chi connectivity index (χ4v) is 1.59. The van der Waals surface area contributed by atoms with Crippen LogP contribution >= 0.6 is 0 Å². The van der Waals surface area contributed by atoms with Gasteiger partial charge < -0.3 is 10.0 Å². The van der Waals surface area contributed by atoms with Crippen molar-refractivity contribution in [2.24, 2.45) is 0 Å². The minimum Gasteiger partial charge on any atom is -0.396 e. The van der Waals surface area contributed by atoms with Crippen molar-refractivity contribution in [1.29, 1.82) is 0 Å². The summed E-state index contributed by atoms with van der Waals surface area (Å²) in [6, 6.07) is 0.0602. The first-order valence-electron chi connectivity index (χ1n) is 6.31. The van der Waals surface area contributed by atoms with E-state index in [1.807, 2.05) is 27.7 Å². The van der Waals surface area contributed by atoms with Gasteiger partial charge in [-0.05, 0) is 20.3 Å². The lowest BCUT2D eigenvalue weighted by atomic mass is 10.2. The molecule has 0 fully saturated rings. The number of aliphatic hydroxyl groups is 1. The first-order valence-corrected chi connectivity index (χ1v) is 6.31. The summed E-state index contributed by atoms with van der Waals surface area (Å²) in [4.78, 5) is 18.1. The van der Waals surface area contributed by atoms with E-state index in [1.54, 1.807) is 4.90 Å². The molecule has 0 saturated heterocycles. The molecule has 0 unspecified atom stereocenters. The van der Waals surface area contributed by atoms with Crippen LogP contribution in [0.2, 0.25) is 0 Å². The van der Waals surface area contributed by atoms with Gasteiger partial charge in [-0.2, -0.15) is 0 Å². The van der Waals surface area contributed by atoms with Gasteiger partial charge in [-0.3, -0.25) is 9.89 Å². The number of hydrogen-bond donors (Lipinski definition) is 2. The van der Waals surface area contributed by atoms with Crippen LogP contribution in [0.3, 0.4) is 0 Å². The van der Waals surface area contributed by atoms with Crippen molar-refractivity contribution >= 4 is 5.91 Å². The Morgan fingerprint density at radius 2 is 2.06 bits per heavy atom. The van der Waals surface area contributed by atoms with E-state index in [2.05, 4.69) is 15.2 Å². The van der Waals surface area contributed by atoms with Gasteiger partial charge in [0.15, 0.2) is 0 Å². The Morgan fingerprint density at radius 1 is 1.39 bits per heavy atom. The number of aliphatic hydroxyl groups excluding tert-OH is 1. The molecule has 1 amide bonds. The first-order chi connectivity index (χ1) is 8.47. The van der Waals surface area contributed by atoms with E-state index in [-0.39, 0.29) is 30.3 Å². The molecule has 2 N–H and O–H groups in total. The predicted molar refractivity (Wildman–Crippen MR) is 68.3 cm³/mol. The number of rotatable bonds is 6. The lowest BCUT2D eigenvalue weighted by Crippen LogP contribution is -2.38. The van der Waals surface area contributed by atoms with Crippen molar-refractivity contribution in [3.63, 3.8) is 0 Å². The molecule has 0 atom stereocenters. The van der Waals surface area contributed by atoms with E-state index in [0.717, 1.165) is 0 Å². The van der Waals surface area contributed by atoms with Crippen LogP contribution in [0.15, 0.2) is 0 Å². The zero-order valence-electron chi connectivity index (χ0n) is 11.5. The van der Waals surface area contributed by atoms with Crippen LogP contribution in [0.25, 0.3) is 0 Å². The third kappa shape index (κ3) is 3.53. The van der Waals surface area contributed by atoms with Crippen molar-refractivity contribution in [3.05, 3.63) is 11.6 Å². The average Bonchev–Trinajstić information content (AvgIpc) is 2.78. The molecule has 0 saturated carbocycles. The first kappa shape index (κ1) is 14.6. The summed E-state index contributed by atoms with van der Waals surface area (Å²) in [7, 11) is 0. The van der Waals surface area contributed by atoms with Crippen molar-refractivity contribution in [2.45, 2.75) is 46.1 Å². The minimum absolute atomic E-state index is 0.0602. The fourth-order valence-electron chi connectivity index (χ4n) is 1.59. The van der Waals surface area contributed by atoms with Gasteiger partial charge in [-0.1, -0.05) is 13.8 Å². The monoisotopic (exact) mass is 254 g/mol. The van der Waals surface area contributed by atoms with Gasteiger partial charge in [0, 0.05) is 25.1 Å². The number of nitrogens with zero attached hydrogens (tertiary/aromatic N) is 3. The largest absolute Gasteiger partial charge is 0.396 e. The maximum atomic E-state index is 12.2. The van der Waals surface area contributed by atoms with E-state index in [1.165, 1.54) is 0 Å². The normalized spacial score (nSPS) is 11.3. The van der Waals surface area contributed by atoms with E-state index in [9.17, 15) is 4.79 Å². The van der Waals surface area contributed by atoms with Crippen LogP contribution in [-0.4, -0.2) is 50.3 Å². The Hall–Kier alpha value is -1.43. The number of aromatic amines is 1. The number of amides is 1. The van der Waals surface area contributed by atoms with Gasteiger partial charge in [0.2, 0.25) is 5.82 Å². The maximum absolute atomic E-state index is 12.2. The van der Waals surface area contributed by atoms with Gasteiger partial charge >= 0.3 is 0 Å². The quantitative estimate of drug-likeness (QED) is 0.798. The summed E-state index contributed by atoms with van der Waals surface area (Å²) in [6.45, 7) is 8.43. The number of aromatic nitrogens is 3. The highest BCUT2D eigenvalue weighted by Gasteiger charge is 2.22. The Kier molecular flexibility index (Phi) is 5.27. The number of nitrogens with one attached hydrogen (secondary N) is 1. The third-order valence-corrected chi connectivity index (χ3v) is 2.68. The molecule has 6 heteroatoms. The van der Waals surface area contributed by atoms with Gasteiger partial charge in [-0.15, -0.1) is 5.10 Å². The average molecular weight is 254 g/mol. The molecule has 102 valence electrons. The summed E-state index contributed by atoms with van der Waals surface area (Å²) in [5, 5.41) is 15.6. The number of H-pyrrole nitrogens is 1. The molecule has 1 heterocycles. The molecule has 0 radical (unpaired) electrons. The second-order valence-electron chi connectivity index (χ2n) is 4.87. The third-order valence-electron chi connectivity index (χ3n) is 2.68. The molecule has 0 aliphatic rings. The summed E-state index contributed by atoms with van der Waals surface area (Å²) in [5.41, 5.74) is 0. The van der Waals surface area contributed by atoms with Crippen molar-refractivity contribution < 1.29 is 9.90 Å². The second kappa shape index (κ2) is 6.49. The number of carbonyl (C=O) groups is 1. The Bertz CT molecular complexity index is 387. The summed E-state index contributed by atoms with van der Waals surface area (Å²) in [6.07, 6.45) is 0.561. The highest BCUT2D eigenvalue weighted by Crippen LogP contribution is 2.10.